The van der Waals surface area contributed by atoms with E-state index in [2.05, 4.69) is 21.5 Å². The number of pyridine rings is 1. The number of hydrogen-bond donors (Lipinski definition) is 1. The van der Waals surface area contributed by atoms with Crippen LogP contribution in [0, 0.1) is 17.6 Å². The molecule has 2 atom stereocenters. The lowest BCUT2D eigenvalue weighted by Gasteiger charge is -2.43. The van der Waals surface area contributed by atoms with E-state index in [4.69, 9.17) is 9.47 Å². The molecule has 2 unspecified atom stereocenters. The van der Waals surface area contributed by atoms with Gasteiger partial charge in [0.2, 0.25) is 0 Å². The Morgan fingerprint density at radius 3 is 2.74 bits per heavy atom. The molecule has 2 aliphatic rings. The lowest BCUT2D eigenvalue weighted by molar-refractivity contribution is -0.123. The van der Waals surface area contributed by atoms with E-state index in [0.29, 0.717) is 31.1 Å². The summed E-state index contributed by atoms with van der Waals surface area (Å²) in [6.45, 7) is 5.18. The Balaban J connectivity index is 1.22. The molecule has 0 saturated carbocycles. The maximum atomic E-state index is 13.7. The first-order valence-electron chi connectivity index (χ1n) is 13.0. The predicted octanol–water partition coefficient (Wildman–Crippen LogP) is 3.67. The van der Waals surface area contributed by atoms with Crippen molar-refractivity contribution < 1.29 is 23.0 Å². The summed E-state index contributed by atoms with van der Waals surface area (Å²) in [5, 5.41) is 3.99. The van der Waals surface area contributed by atoms with Crippen LogP contribution < -0.4 is 20.5 Å². The number of halogens is 2. The van der Waals surface area contributed by atoms with Gasteiger partial charge in [0, 0.05) is 55.5 Å². The molecule has 204 valence electrons. The number of rotatable bonds is 9. The molecular formula is C29H30F2N4O4. The van der Waals surface area contributed by atoms with E-state index in [1.807, 2.05) is 35.8 Å². The first kappa shape index (κ1) is 26.6. The SMILES string of the molecule is CCOc1ccc(C=NNC(=O)COc2ccc(F)cc2F)cc1CN1CC2CC(C1)c1cccc(=O)n1C2. The summed E-state index contributed by atoms with van der Waals surface area (Å²) in [7, 11) is 0. The molecule has 0 spiro atoms. The molecule has 2 aliphatic heterocycles. The lowest BCUT2D eigenvalue weighted by Crippen LogP contribution is -2.46. The molecule has 5 rings (SSSR count). The van der Waals surface area contributed by atoms with E-state index in [9.17, 15) is 18.4 Å². The van der Waals surface area contributed by atoms with Crippen molar-refractivity contribution in [1.29, 1.82) is 0 Å². The highest BCUT2D eigenvalue weighted by atomic mass is 19.1. The largest absolute Gasteiger partial charge is 0.494 e. The van der Waals surface area contributed by atoms with Crippen molar-refractivity contribution in [3.05, 3.63) is 93.4 Å². The number of likely N-dealkylation sites (tertiary alicyclic amines) is 1. The summed E-state index contributed by atoms with van der Waals surface area (Å²) in [6, 6.07) is 14.1. The first-order valence-corrected chi connectivity index (χ1v) is 13.0. The van der Waals surface area contributed by atoms with Gasteiger partial charge in [-0.2, -0.15) is 5.10 Å². The third kappa shape index (κ3) is 6.34. The van der Waals surface area contributed by atoms with Crippen LogP contribution >= 0.6 is 0 Å². The van der Waals surface area contributed by atoms with E-state index in [1.54, 1.807) is 6.07 Å². The van der Waals surface area contributed by atoms with Gasteiger partial charge in [-0.1, -0.05) is 6.07 Å². The van der Waals surface area contributed by atoms with E-state index < -0.39 is 24.1 Å². The number of aromatic nitrogens is 1. The number of hydrazone groups is 1. The van der Waals surface area contributed by atoms with Gasteiger partial charge in [-0.15, -0.1) is 0 Å². The highest BCUT2D eigenvalue weighted by Gasteiger charge is 2.34. The fourth-order valence-corrected chi connectivity index (χ4v) is 5.41. The molecule has 1 fully saturated rings. The highest BCUT2D eigenvalue weighted by molar-refractivity contribution is 5.83. The Hall–Kier alpha value is -4.05. The second-order valence-corrected chi connectivity index (χ2v) is 9.85. The zero-order valence-corrected chi connectivity index (χ0v) is 21.6. The van der Waals surface area contributed by atoms with E-state index in [-0.39, 0.29) is 11.3 Å². The minimum absolute atomic E-state index is 0.0718. The number of carbonyl (C=O) groups is 1. The molecule has 1 saturated heterocycles. The number of benzene rings is 2. The van der Waals surface area contributed by atoms with Gasteiger partial charge in [0.25, 0.3) is 11.5 Å². The van der Waals surface area contributed by atoms with E-state index in [0.717, 1.165) is 60.8 Å². The first-order chi connectivity index (χ1) is 18.9. The van der Waals surface area contributed by atoms with Crippen molar-refractivity contribution in [3.63, 3.8) is 0 Å². The van der Waals surface area contributed by atoms with Crippen LogP contribution in [0.4, 0.5) is 8.78 Å². The molecule has 0 aliphatic carbocycles. The number of piperidine rings is 1. The second-order valence-electron chi connectivity index (χ2n) is 9.85. The maximum Gasteiger partial charge on any atom is 0.277 e. The number of carbonyl (C=O) groups excluding carboxylic acids is 1. The molecule has 0 radical (unpaired) electrons. The maximum absolute atomic E-state index is 13.7. The summed E-state index contributed by atoms with van der Waals surface area (Å²) in [4.78, 5) is 26.8. The molecule has 39 heavy (non-hydrogen) atoms. The number of amides is 1. The van der Waals surface area contributed by atoms with Gasteiger partial charge in [-0.3, -0.25) is 14.5 Å². The van der Waals surface area contributed by atoms with Gasteiger partial charge in [-0.05, 0) is 61.2 Å². The average molecular weight is 537 g/mol. The fraction of sp³-hybridized carbons (Fsp3) is 0.345. The molecule has 1 N–H and O–H groups in total. The Labute approximate surface area is 224 Å². The molecule has 2 aromatic carbocycles. The fourth-order valence-electron chi connectivity index (χ4n) is 5.41. The van der Waals surface area contributed by atoms with Crippen molar-refractivity contribution in [1.82, 2.24) is 14.9 Å². The second kappa shape index (κ2) is 11.8. The molecule has 3 heterocycles. The van der Waals surface area contributed by atoms with Crippen LogP contribution in [0.3, 0.4) is 0 Å². The monoisotopic (exact) mass is 536 g/mol. The molecule has 10 heteroatoms. The van der Waals surface area contributed by atoms with Gasteiger partial charge >= 0.3 is 0 Å². The van der Waals surface area contributed by atoms with Crippen molar-refractivity contribution in [2.24, 2.45) is 11.0 Å². The van der Waals surface area contributed by atoms with Crippen LogP contribution in [0.2, 0.25) is 0 Å². The minimum Gasteiger partial charge on any atom is -0.494 e. The van der Waals surface area contributed by atoms with Crippen molar-refractivity contribution in [2.45, 2.75) is 32.4 Å². The number of nitrogens with zero attached hydrogens (tertiary/aromatic N) is 3. The number of fused-ring (bicyclic) bond motifs is 4. The zero-order chi connectivity index (χ0) is 27.4. The van der Waals surface area contributed by atoms with Crippen LogP contribution in [-0.4, -0.2) is 47.9 Å². The van der Waals surface area contributed by atoms with E-state index in [1.165, 1.54) is 6.21 Å². The normalized spacial score (nSPS) is 18.5. The van der Waals surface area contributed by atoms with Gasteiger partial charge in [0.1, 0.15) is 11.6 Å². The van der Waals surface area contributed by atoms with Crippen LogP contribution in [0.5, 0.6) is 11.5 Å². The van der Waals surface area contributed by atoms with Gasteiger partial charge in [0.15, 0.2) is 18.2 Å². The minimum atomic E-state index is -0.885. The average Bonchev–Trinajstić information content (AvgIpc) is 2.90. The van der Waals surface area contributed by atoms with Gasteiger partial charge < -0.3 is 14.0 Å². The number of ether oxygens (including phenoxy) is 2. The predicted molar refractivity (Wildman–Crippen MR) is 142 cm³/mol. The summed E-state index contributed by atoms with van der Waals surface area (Å²) in [6.07, 6.45) is 2.60. The quantitative estimate of drug-likeness (QED) is 0.333. The topological polar surface area (TPSA) is 85.2 Å². The molecule has 8 nitrogen and oxygen atoms in total. The molecule has 1 aromatic heterocycles. The molecule has 3 aromatic rings. The standard InChI is InChI=1S/C29H30F2N4O4/c1-2-38-26-8-6-19(13-32-33-28(36)18-39-27-9-7-23(30)12-24(27)31)10-22(26)17-34-14-20-11-21(16-34)25-4-3-5-29(37)35(25)15-20/h3-10,12-13,20-21H,2,11,14-18H2,1H3,(H,33,36). The summed E-state index contributed by atoms with van der Waals surface area (Å²) >= 11 is 0. The van der Waals surface area contributed by atoms with E-state index >= 15 is 0 Å². The summed E-state index contributed by atoms with van der Waals surface area (Å²) in [5.41, 5.74) is 5.31. The summed E-state index contributed by atoms with van der Waals surface area (Å²) in [5.74, 6) is -0.896. The Kier molecular flexibility index (Phi) is 8.02. The van der Waals surface area contributed by atoms with Gasteiger partial charge in [-0.25, -0.2) is 14.2 Å². The molecule has 1 amide bonds. The third-order valence-corrected chi connectivity index (χ3v) is 6.99. The van der Waals surface area contributed by atoms with Crippen LogP contribution in [0.25, 0.3) is 0 Å². The van der Waals surface area contributed by atoms with Crippen LogP contribution in [0.15, 0.2) is 64.5 Å². The van der Waals surface area contributed by atoms with Crippen molar-refractivity contribution in [2.75, 3.05) is 26.3 Å². The smallest absolute Gasteiger partial charge is 0.277 e. The van der Waals surface area contributed by atoms with Crippen LogP contribution in [0.1, 0.15) is 36.1 Å². The molecule has 2 bridgehead atoms. The van der Waals surface area contributed by atoms with Gasteiger partial charge in [0.05, 0.1) is 12.8 Å². The van der Waals surface area contributed by atoms with Crippen molar-refractivity contribution >= 4 is 12.1 Å². The van der Waals surface area contributed by atoms with Crippen LogP contribution in [-0.2, 0) is 17.9 Å². The number of nitrogens with one attached hydrogen (secondary N) is 1. The zero-order valence-electron chi connectivity index (χ0n) is 21.6. The lowest BCUT2D eigenvalue weighted by atomic mass is 9.83. The Bertz CT molecular complexity index is 1440. The highest BCUT2D eigenvalue weighted by Crippen LogP contribution is 2.36. The third-order valence-electron chi connectivity index (χ3n) is 6.99. The Morgan fingerprint density at radius 1 is 1.08 bits per heavy atom. The Morgan fingerprint density at radius 2 is 1.92 bits per heavy atom. The van der Waals surface area contributed by atoms with Crippen molar-refractivity contribution in [3.8, 4) is 11.5 Å². The number of hydrogen-bond acceptors (Lipinski definition) is 6. The molecular weight excluding hydrogens is 506 g/mol. The summed E-state index contributed by atoms with van der Waals surface area (Å²) < 4.78 is 39.6.